The summed E-state index contributed by atoms with van der Waals surface area (Å²) in [5.41, 5.74) is 6.28. The van der Waals surface area contributed by atoms with Gasteiger partial charge in [-0.1, -0.05) is 39.0 Å². The number of nitrogens with one attached hydrogen (secondary N) is 1. The second-order valence-electron chi connectivity index (χ2n) is 5.81. The van der Waals surface area contributed by atoms with Gasteiger partial charge in [-0.2, -0.15) is 0 Å². The van der Waals surface area contributed by atoms with E-state index >= 15 is 0 Å². The molecule has 0 fully saturated rings. The Balaban J connectivity index is 2.73. The number of benzene rings is 1. The van der Waals surface area contributed by atoms with Gasteiger partial charge in [0.1, 0.15) is 0 Å². The van der Waals surface area contributed by atoms with Crippen LogP contribution in [0, 0.1) is 6.92 Å². The molecule has 0 atom stereocenters. The van der Waals surface area contributed by atoms with E-state index in [-0.39, 0.29) is 11.3 Å². The van der Waals surface area contributed by atoms with Crippen molar-refractivity contribution in [1.29, 1.82) is 0 Å². The standard InChI is InChI=1S/C15H24N2O/c1-11-8-9-13(15(2,3)4)10-12(11)6-5-7-14(18)17-16/h8-10H,5-7,16H2,1-4H3,(H,17,18). The minimum absolute atomic E-state index is 0.0976. The Hall–Kier alpha value is -1.35. The molecule has 1 rings (SSSR count). The second-order valence-corrected chi connectivity index (χ2v) is 5.81. The Morgan fingerprint density at radius 1 is 1.33 bits per heavy atom. The molecule has 0 spiro atoms. The molecule has 0 saturated heterocycles. The zero-order valence-electron chi connectivity index (χ0n) is 11.8. The smallest absolute Gasteiger partial charge is 0.233 e. The summed E-state index contributed by atoms with van der Waals surface area (Å²) < 4.78 is 0. The zero-order chi connectivity index (χ0) is 13.8. The number of hydrogen-bond donors (Lipinski definition) is 2. The molecule has 0 heterocycles. The van der Waals surface area contributed by atoms with E-state index in [1.54, 1.807) is 0 Å². The summed E-state index contributed by atoms with van der Waals surface area (Å²) in [5, 5.41) is 0. The number of amides is 1. The van der Waals surface area contributed by atoms with Crippen molar-refractivity contribution < 1.29 is 4.79 Å². The molecular weight excluding hydrogens is 224 g/mol. The monoisotopic (exact) mass is 248 g/mol. The molecule has 3 nitrogen and oxygen atoms in total. The summed E-state index contributed by atoms with van der Waals surface area (Å²) in [6.07, 6.45) is 2.23. The van der Waals surface area contributed by atoms with Crippen LogP contribution >= 0.6 is 0 Å². The highest BCUT2D eigenvalue weighted by Gasteiger charge is 2.14. The van der Waals surface area contributed by atoms with Crippen molar-refractivity contribution in [3.05, 3.63) is 34.9 Å². The number of carbonyl (C=O) groups is 1. The Kier molecular flexibility index (Phi) is 4.91. The summed E-state index contributed by atoms with van der Waals surface area (Å²) in [6, 6.07) is 6.61. The van der Waals surface area contributed by atoms with Gasteiger partial charge in [0.25, 0.3) is 0 Å². The Labute approximate surface area is 110 Å². The lowest BCUT2D eigenvalue weighted by Gasteiger charge is -2.20. The Bertz CT molecular complexity index is 419. The van der Waals surface area contributed by atoms with Gasteiger partial charge in [0.2, 0.25) is 5.91 Å². The highest BCUT2D eigenvalue weighted by atomic mass is 16.2. The van der Waals surface area contributed by atoms with Crippen molar-refractivity contribution in [2.45, 2.75) is 52.4 Å². The molecule has 100 valence electrons. The van der Waals surface area contributed by atoms with Gasteiger partial charge in [-0.15, -0.1) is 0 Å². The van der Waals surface area contributed by atoms with Gasteiger partial charge in [-0.25, -0.2) is 5.84 Å². The quantitative estimate of drug-likeness (QED) is 0.489. The van der Waals surface area contributed by atoms with Crippen LogP contribution in [0.15, 0.2) is 18.2 Å². The van der Waals surface area contributed by atoms with Crippen molar-refractivity contribution in [3.8, 4) is 0 Å². The molecule has 0 radical (unpaired) electrons. The molecule has 0 aliphatic heterocycles. The molecule has 3 heteroatoms. The van der Waals surface area contributed by atoms with Gasteiger partial charge >= 0.3 is 0 Å². The molecule has 0 bridgehead atoms. The van der Waals surface area contributed by atoms with E-state index in [1.807, 2.05) is 0 Å². The lowest BCUT2D eigenvalue weighted by molar-refractivity contribution is -0.121. The third-order valence-corrected chi connectivity index (χ3v) is 3.23. The summed E-state index contributed by atoms with van der Waals surface area (Å²) >= 11 is 0. The first-order valence-electron chi connectivity index (χ1n) is 6.44. The van der Waals surface area contributed by atoms with Crippen molar-refractivity contribution in [1.82, 2.24) is 5.43 Å². The summed E-state index contributed by atoms with van der Waals surface area (Å²) in [4.78, 5) is 11.1. The first kappa shape index (κ1) is 14.7. The molecule has 18 heavy (non-hydrogen) atoms. The number of rotatable bonds is 4. The van der Waals surface area contributed by atoms with E-state index < -0.39 is 0 Å². The van der Waals surface area contributed by atoms with Gasteiger partial charge in [-0.3, -0.25) is 10.2 Å². The maximum atomic E-state index is 11.1. The van der Waals surface area contributed by atoms with Crippen LogP contribution < -0.4 is 11.3 Å². The number of hydrogen-bond acceptors (Lipinski definition) is 2. The first-order valence-corrected chi connectivity index (χ1v) is 6.44. The maximum Gasteiger partial charge on any atom is 0.233 e. The fourth-order valence-corrected chi connectivity index (χ4v) is 1.92. The topological polar surface area (TPSA) is 55.1 Å². The lowest BCUT2D eigenvalue weighted by atomic mass is 9.84. The third-order valence-electron chi connectivity index (χ3n) is 3.23. The maximum absolute atomic E-state index is 11.1. The van der Waals surface area contributed by atoms with Gasteiger partial charge in [0.15, 0.2) is 0 Å². The summed E-state index contributed by atoms with van der Waals surface area (Å²) in [7, 11) is 0. The van der Waals surface area contributed by atoms with Crippen molar-refractivity contribution in [2.75, 3.05) is 0 Å². The van der Waals surface area contributed by atoms with Gasteiger partial charge in [0, 0.05) is 6.42 Å². The molecular formula is C15H24N2O. The van der Waals surface area contributed by atoms with Crippen LogP contribution in [0.1, 0.15) is 50.3 Å². The fourth-order valence-electron chi connectivity index (χ4n) is 1.92. The van der Waals surface area contributed by atoms with Crippen LogP contribution in [-0.4, -0.2) is 5.91 Å². The molecule has 1 amide bonds. The van der Waals surface area contributed by atoms with Gasteiger partial charge in [-0.05, 0) is 41.9 Å². The molecule has 0 aromatic heterocycles. The average molecular weight is 248 g/mol. The fraction of sp³-hybridized carbons (Fsp3) is 0.533. The Morgan fingerprint density at radius 2 is 2.00 bits per heavy atom. The summed E-state index contributed by atoms with van der Waals surface area (Å²) in [6.45, 7) is 8.75. The van der Waals surface area contributed by atoms with Gasteiger partial charge in [0.05, 0.1) is 0 Å². The van der Waals surface area contributed by atoms with Gasteiger partial charge < -0.3 is 0 Å². The third kappa shape index (κ3) is 4.15. The number of hydrazine groups is 1. The average Bonchev–Trinajstić information content (AvgIpc) is 2.29. The highest BCUT2D eigenvalue weighted by molar-refractivity contribution is 5.75. The van der Waals surface area contributed by atoms with Crippen LogP contribution in [0.3, 0.4) is 0 Å². The zero-order valence-corrected chi connectivity index (χ0v) is 11.8. The minimum Gasteiger partial charge on any atom is -0.294 e. The summed E-state index contributed by atoms with van der Waals surface area (Å²) in [5.74, 6) is 4.97. The van der Waals surface area contributed by atoms with E-state index in [2.05, 4.69) is 51.3 Å². The van der Waals surface area contributed by atoms with E-state index in [1.165, 1.54) is 16.7 Å². The molecule has 0 saturated carbocycles. The predicted molar refractivity (Wildman–Crippen MR) is 75.1 cm³/mol. The molecule has 0 aliphatic rings. The van der Waals surface area contributed by atoms with E-state index in [0.29, 0.717) is 6.42 Å². The Morgan fingerprint density at radius 3 is 2.56 bits per heavy atom. The SMILES string of the molecule is Cc1ccc(C(C)(C)C)cc1CCCC(=O)NN. The normalized spacial score (nSPS) is 11.4. The van der Waals surface area contributed by atoms with E-state index in [9.17, 15) is 4.79 Å². The molecule has 3 N–H and O–H groups in total. The first-order chi connectivity index (χ1) is 8.34. The lowest BCUT2D eigenvalue weighted by Crippen LogP contribution is -2.29. The largest absolute Gasteiger partial charge is 0.294 e. The molecule has 1 aromatic rings. The van der Waals surface area contributed by atoms with E-state index in [4.69, 9.17) is 5.84 Å². The van der Waals surface area contributed by atoms with Crippen molar-refractivity contribution in [2.24, 2.45) is 5.84 Å². The van der Waals surface area contributed by atoms with E-state index in [0.717, 1.165) is 12.8 Å². The molecule has 0 aliphatic carbocycles. The predicted octanol–water partition coefficient (Wildman–Crippen LogP) is 2.61. The minimum atomic E-state index is -0.0976. The van der Waals surface area contributed by atoms with Crippen LogP contribution in [0.2, 0.25) is 0 Å². The highest BCUT2D eigenvalue weighted by Crippen LogP contribution is 2.25. The number of nitrogens with two attached hydrogens (primary N) is 1. The number of aryl methyl sites for hydroxylation is 2. The van der Waals surface area contributed by atoms with Crippen molar-refractivity contribution in [3.63, 3.8) is 0 Å². The van der Waals surface area contributed by atoms with Crippen LogP contribution in [0.5, 0.6) is 0 Å². The van der Waals surface area contributed by atoms with Crippen LogP contribution in [0.25, 0.3) is 0 Å². The molecule has 1 aromatic carbocycles. The van der Waals surface area contributed by atoms with Crippen LogP contribution in [-0.2, 0) is 16.6 Å². The van der Waals surface area contributed by atoms with Crippen molar-refractivity contribution >= 4 is 5.91 Å². The molecule has 0 unspecified atom stereocenters. The second kappa shape index (κ2) is 6.01. The van der Waals surface area contributed by atoms with Crippen LogP contribution in [0.4, 0.5) is 0 Å². The number of carbonyl (C=O) groups excluding carboxylic acids is 1.